The largest absolute Gasteiger partial charge is 0.405 e. The summed E-state index contributed by atoms with van der Waals surface area (Å²) in [6, 6.07) is 0. The van der Waals surface area contributed by atoms with E-state index in [0.717, 1.165) is 25.7 Å². The van der Waals surface area contributed by atoms with Crippen LogP contribution in [-0.4, -0.2) is 30.3 Å². The van der Waals surface area contributed by atoms with Crippen molar-refractivity contribution >= 4 is 7.75 Å². The molecule has 1 unspecified atom stereocenters. The van der Waals surface area contributed by atoms with E-state index in [1.807, 2.05) is 0 Å². The maximum Gasteiger partial charge on any atom is 0.405 e. The molecule has 13 heavy (non-hydrogen) atoms. The van der Waals surface area contributed by atoms with Crippen LogP contribution in [0.1, 0.15) is 32.6 Å². The van der Waals surface area contributed by atoms with Gasteiger partial charge in [0.1, 0.15) is 0 Å². The smallest absolute Gasteiger partial charge is 0.312 e. The fraction of sp³-hybridized carbons (Fsp3) is 1.00. The standard InChI is InChI=1S/C8H20NO3P/c1-4-5-6-7-8-12-13(10,11)9(2)3/h4-8H2,1-3H3,(H,10,11). The molecule has 0 aliphatic heterocycles. The van der Waals surface area contributed by atoms with E-state index in [9.17, 15) is 9.46 Å². The molecule has 0 rings (SSSR count). The molecule has 80 valence electrons. The summed E-state index contributed by atoms with van der Waals surface area (Å²) < 4.78 is 17.3. The molecule has 0 bridgehead atoms. The fourth-order valence-corrected chi connectivity index (χ4v) is 1.43. The summed E-state index contributed by atoms with van der Waals surface area (Å²) in [7, 11) is -0.411. The van der Waals surface area contributed by atoms with Crippen molar-refractivity contribution in [1.82, 2.24) is 4.67 Å². The first-order chi connectivity index (χ1) is 6.00. The summed E-state index contributed by atoms with van der Waals surface area (Å²) in [6.07, 6.45) is 4.22. The Balaban J connectivity index is 3.47. The number of nitrogens with zero attached hydrogens (tertiary/aromatic N) is 1. The molecular weight excluding hydrogens is 189 g/mol. The third-order valence-electron chi connectivity index (χ3n) is 1.76. The fourth-order valence-electron chi connectivity index (χ4n) is 0.828. The highest BCUT2D eigenvalue weighted by molar-refractivity contribution is 7.50. The summed E-state index contributed by atoms with van der Waals surface area (Å²) in [4.78, 5) is 9.21. The summed E-state index contributed by atoms with van der Waals surface area (Å²) in [5.41, 5.74) is 0. The van der Waals surface area contributed by atoms with Gasteiger partial charge in [0.25, 0.3) is 0 Å². The number of hydrogen-bond donors (Lipinski definition) is 1. The van der Waals surface area contributed by atoms with Crippen molar-refractivity contribution in [2.24, 2.45) is 0 Å². The molecule has 1 N–H and O–H groups in total. The molecule has 0 aromatic rings. The second kappa shape index (κ2) is 6.55. The van der Waals surface area contributed by atoms with E-state index in [1.54, 1.807) is 0 Å². The van der Waals surface area contributed by atoms with Crippen LogP contribution in [0.5, 0.6) is 0 Å². The van der Waals surface area contributed by atoms with Gasteiger partial charge in [-0.3, -0.25) is 4.52 Å². The molecule has 0 saturated carbocycles. The van der Waals surface area contributed by atoms with Gasteiger partial charge in [0.05, 0.1) is 6.61 Å². The van der Waals surface area contributed by atoms with Gasteiger partial charge in [-0.15, -0.1) is 0 Å². The first kappa shape index (κ1) is 13.1. The topological polar surface area (TPSA) is 49.8 Å². The minimum atomic E-state index is -3.48. The average molecular weight is 209 g/mol. The Kier molecular flexibility index (Phi) is 6.60. The average Bonchev–Trinajstić information content (AvgIpc) is 2.03. The second-order valence-corrected chi connectivity index (χ2v) is 5.27. The minimum Gasteiger partial charge on any atom is -0.312 e. The Morgan fingerprint density at radius 3 is 2.38 bits per heavy atom. The van der Waals surface area contributed by atoms with E-state index < -0.39 is 7.75 Å². The molecule has 0 amide bonds. The SMILES string of the molecule is CCCCCCOP(=O)(O)N(C)C. The second-order valence-electron chi connectivity index (χ2n) is 3.23. The molecule has 0 aliphatic carbocycles. The van der Waals surface area contributed by atoms with E-state index in [0.29, 0.717) is 6.61 Å². The Morgan fingerprint density at radius 1 is 1.31 bits per heavy atom. The van der Waals surface area contributed by atoms with Gasteiger partial charge < -0.3 is 4.89 Å². The maximum absolute atomic E-state index is 11.2. The third kappa shape index (κ3) is 6.22. The van der Waals surface area contributed by atoms with E-state index in [-0.39, 0.29) is 0 Å². The van der Waals surface area contributed by atoms with Crippen LogP contribution in [0, 0.1) is 0 Å². The van der Waals surface area contributed by atoms with Crippen LogP contribution in [0.25, 0.3) is 0 Å². The Morgan fingerprint density at radius 2 is 1.92 bits per heavy atom. The highest BCUT2D eigenvalue weighted by Gasteiger charge is 2.21. The third-order valence-corrected chi connectivity index (χ3v) is 3.29. The highest BCUT2D eigenvalue weighted by Crippen LogP contribution is 2.43. The molecule has 0 fully saturated rings. The van der Waals surface area contributed by atoms with Crippen LogP contribution in [-0.2, 0) is 9.09 Å². The van der Waals surface area contributed by atoms with Gasteiger partial charge in [0.2, 0.25) is 0 Å². The molecule has 0 aliphatic rings. The molecule has 0 radical (unpaired) electrons. The van der Waals surface area contributed by atoms with Crippen molar-refractivity contribution in [2.75, 3.05) is 20.7 Å². The first-order valence-electron chi connectivity index (χ1n) is 4.66. The first-order valence-corrected chi connectivity index (χ1v) is 6.19. The summed E-state index contributed by atoms with van der Waals surface area (Å²) in [6.45, 7) is 2.49. The van der Waals surface area contributed by atoms with Crippen molar-refractivity contribution in [3.8, 4) is 0 Å². The lowest BCUT2D eigenvalue weighted by Crippen LogP contribution is -2.10. The van der Waals surface area contributed by atoms with Crippen molar-refractivity contribution in [3.05, 3.63) is 0 Å². The molecule has 4 nitrogen and oxygen atoms in total. The van der Waals surface area contributed by atoms with Crippen LogP contribution in [0.3, 0.4) is 0 Å². The number of hydrogen-bond acceptors (Lipinski definition) is 2. The van der Waals surface area contributed by atoms with Crippen molar-refractivity contribution < 1.29 is 14.0 Å². The zero-order valence-electron chi connectivity index (χ0n) is 8.69. The van der Waals surface area contributed by atoms with Crippen molar-refractivity contribution in [2.45, 2.75) is 32.6 Å². The summed E-state index contributed by atoms with van der Waals surface area (Å²) in [5, 5.41) is 0. The van der Waals surface area contributed by atoms with Gasteiger partial charge in [-0.1, -0.05) is 26.2 Å². The highest BCUT2D eigenvalue weighted by atomic mass is 31.2. The molecular formula is C8H20NO3P. The maximum atomic E-state index is 11.2. The lowest BCUT2D eigenvalue weighted by atomic mass is 10.2. The minimum absolute atomic E-state index is 0.367. The Labute approximate surface area is 80.5 Å². The number of unbranched alkanes of at least 4 members (excludes halogenated alkanes) is 3. The summed E-state index contributed by atoms with van der Waals surface area (Å²) in [5.74, 6) is 0. The van der Waals surface area contributed by atoms with E-state index in [1.165, 1.54) is 18.8 Å². The predicted molar refractivity (Wildman–Crippen MR) is 53.6 cm³/mol. The van der Waals surface area contributed by atoms with E-state index in [4.69, 9.17) is 4.52 Å². The van der Waals surface area contributed by atoms with Gasteiger partial charge in [0, 0.05) is 0 Å². The van der Waals surface area contributed by atoms with Gasteiger partial charge in [-0.25, -0.2) is 9.24 Å². The lowest BCUT2D eigenvalue weighted by Gasteiger charge is -2.17. The molecule has 0 aromatic heterocycles. The molecule has 5 heteroatoms. The van der Waals surface area contributed by atoms with Gasteiger partial charge in [-0.2, -0.15) is 0 Å². The predicted octanol–water partition coefficient (Wildman–Crippen LogP) is 2.25. The van der Waals surface area contributed by atoms with E-state index in [2.05, 4.69) is 6.92 Å². The van der Waals surface area contributed by atoms with Crippen molar-refractivity contribution in [1.29, 1.82) is 0 Å². The zero-order chi connectivity index (χ0) is 10.3. The van der Waals surface area contributed by atoms with Crippen LogP contribution < -0.4 is 0 Å². The molecule has 0 spiro atoms. The van der Waals surface area contributed by atoms with Crippen LogP contribution in [0.4, 0.5) is 0 Å². The van der Waals surface area contributed by atoms with Gasteiger partial charge in [0.15, 0.2) is 0 Å². The Hall–Kier alpha value is 0.110. The zero-order valence-corrected chi connectivity index (χ0v) is 9.59. The van der Waals surface area contributed by atoms with Crippen LogP contribution in [0.2, 0.25) is 0 Å². The summed E-state index contributed by atoms with van der Waals surface area (Å²) >= 11 is 0. The van der Waals surface area contributed by atoms with E-state index >= 15 is 0 Å². The molecule has 1 atom stereocenters. The lowest BCUT2D eigenvalue weighted by molar-refractivity contribution is 0.217. The van der Waals surface area contributed by atoms with Crippen LogP contribution in [0.15, 0.2) is 0 Å². The normalized spacial score (nSPS) is 16.1. The Bertz CT molecular complexity index is 173. The van der Waals surface area contributed by atoms with Crippen molar-refractivity contribution in [3.63, 3.8) is 0 Å². The molecule has 0 aromatic carbocycles. The van der Waals surface area contributed by atoms with Gasteiger partial charge in [-0.05, 0) is 20.5 Å². The molecule has 0 saturated heterocycles. The monoisotopic (exact) mass is 209 g/mol. The quantitative estimate of drug-likeness (QED) is 0.516. The number of rotatable bonds is 7. The van der Waals surface area contributed by atoms with Gasteiger partial charge >= 0.3 is 7.75 Å². The molecule has 0 heterocycles. The van der Waals surface area contributed by atoms with Crippen LogP contribution >= 0.6 is 7.75 Å².